The number of methoxy groups -OCH3 is 1. The maximum absolute atomic E-state index is 6.69. The number of nitrogens with zero attached hydrogens (tertiary/aromatic N) is 3. The number of anilines is 1. The summed E-state index contributed by atoms with van der Waals surface area (Å²) in [5.41, 5.74) is 6.32. The van der Waals surface area contributed by atoms with Crippen molar-refractivity contribution < 1.29 is 9.47 Å². The molecular formula is C26H21BrN4O2. The lowest BCUT2D eigenvalue weighted by Crippen LogP contribution is -2.32. The molecule has 3 heterocycles. The second kappa shape index (κ2) is 7.78. The first-order valence-electron chi connectivity index (χ1n) is 10.7. The highest BCUT2D eigenvalue weighted by molar-refractivity contribution is 9.10. The molecule has 2 unspecified atom stereocenters. The normalized spacial score (nSPS) is 18.5. The van der Waals surface area contributed by atoms with Crippen molar-refractivity contribution in [2.24, 2.45) is 0 Å². The second-order valence-electron chi connectivity index (χ2n) is 8.18. The molecule has 0 radical (unpaired) electrons. The van der Waals surface area contributed by atoms with E-state index in [1.807, 2.05) is 35.0 Å². The number of para-hydroxylation sites is 1. The fraction of sp³-hybridized carbons (Fsp3) is 0.154. The van der Waals surface area contributed by atoms with Gasteiger partial charge in [-0.05, 0) is 42.8 Å². The minimum Gasteiger partial charge on any atom is -0.496 e. The van der Waals surface area contributed by atoms with Crippen LogP contribution in [-0.2, 0) is 0 Å². The summed E-state index contributed by atoms with van der Waals surface area (Å²) in [5, 5.41) is 8.12. The number of fused-ring (bicyclic) bond motifs is 3. The average molecular weight is 501 g/mol. The standard InChI is InChI=1S/C26H21BrN4O2/c1-15-7-9-16(10-8-15)24-22-23(30-26-28-14-29-31(24)26)18-5-3-4-6-21(18)33-25(22)19-13-17(27)11-12-20(19)32-2/h3-14,24-25H,1-2H3,(H,28,29,30). The number of halogens is 1. The zero-order chi connectivity index (χ0) is 22.5. The molecule has 1 aromatic heterocycles. The van der Waals surface area contributed by atoms with Crippen LogP contribution >= 0.6 is 15.9 Å². The van der Waals surface area contributed by atoms with Crippen LogP contribution in [0.15, 0.2) is 83.1 Å². The largest absolute Gasteiger partial charge is 0.496 e. The Balaban J connectivity index is 1.65. The fourth-order valence-corrected chi connectivity index (χ4v) is 5.03. The van der Waals surface area contributed by atoms with E-state index in [-0.39, 0.29) is 6.04 Å². The molecule has 3 aromatic carbocycles. The molecule has 0 bridgehead atoms. The molecule has 1 N–H and O–H groups in total. The molecular weight excluding hydrogens is 480 g/mol. The van der Waals surface area contributed by atoms with Crippen molar-refractivity contribution in [2.45, 2.75) is 19.1 Å². The van der Waals surface area contributed by atoms with Crippen LogP contribution in [0.1, 0.15) is 34.4 Å². The van der Waals surface area contributed by atoms with Crippen LogP contribution in [0, 0.1) is 6.92 Å². The lowest BCUT2D eigenvalue weighted by Gasteiger charge is -2.39. The van der Waals surface area contributed by atoms with Crippen LogP contribution in [0.4, 0.5) is 5.95 Å². The number of hydrogen-bond donors (Lipinski definition) is 1. The van der Waals surface area contributed by atoms with Gasteiger partial charge in [-0.3, -0.25) is 0 Å². The first kappa shape index (κ1) is 20.1. The Kier molecular flexibility index (Phi) is 4.73. The van der Waals surface area contributed by atoms with E-state index < -0.39 is 6.10 Å². The van der Waals surface area contributed by atoms with Gasteiger partial charge in [0.15, 0.2) is 6.10 Å². The number of hydrogen-bond acceptors (Lipinski definition) is 5. The van der Waals surface area contributed by atoms with Crippen molar-refractivity contribution in [3.8, 4) is 11.5 Å². The zero-order valence-electron chi connectivity index (χ0n) is 18.1. The predicted molar refractivity (Wildman–Crippen MR) is 130 cm³/mol. The summed E-state index contributed by atoms with van der Waals surface area (Å²) in [5.74, 6) is 2.28. The Bertz CT molecular complexity index is 1390. The maximum atomic E-state index is 6.69. The van der Waals surface area contributed by atoms with Crippen molar-refractivity contribution in [3.63, 3.8) is 0 Å². The van der Waals surface area contributed by atoms with Crippen molar-refractivity contribution in [2.75, 3.05) is 12.4 Å². The summed E-state index contributed by atoms with van der Waals surface area (Å²) in [6.45, 7) is 2.09. The van der Waals surface area contributed by atoms with E-state index in [0.717, 1.165) is 43.9 Å². The van der Waals surface area contributed by atoms with Crippen LogP contribution in [0.25, 0.3) is 5.70 Å². The summed E-state index contributed by atoms with van der Waals surface area (Å²) in [6.07, 6.45) is 1.20. The molecule has 2 atom stereocenters. The molecule has 33 heavy (non-hydrogen) atoms. The van der Waals surface area contributed by atoms with Crippen LogP contribution in [0.5, 0.6) is 11.5 Å². The van der Waals surface area contributed by atoms with Crippen molar-refractivity contribution in [1.29, 1.82) is 0 Å². The number of nitrogens with one attached hydrogen (secondary N) is 1. The number of aromatic nitrogens is 3. The van der Waals surface area contributed by atoms with E-state index >= 15 is 0 Å². The quantitative estimate of drug-likeness (QED) is 0.378. The summed E-state index contributed by atoms with van der Waals surface area (Å²) in [7, 11) is 1.69. The third kappa shape index (κ3) is 3.23. The van der Waals surface area contributed by atoms with Gasteiger partial charge in [0.25, 0.3) is 0 Å². The molecule has 164 valence electrons. The topological polar surface area (TPSA) is 61.2 Å². The highest BCUT2D eigenvalue weighted by Gasteiger charge is 2.41. The fourth-order valence-electron chi connectivity index (χ4n) is 4.66. The molecule has 6 nitrogen and oxygen atoms in total. The van der Waals surface area contributed by atoms with E-state index in [2.05, 4.69) is 74.7 Å². The Hall–Kier alpha value is -3.58. The smallest absolute Gasteiger partial charge is 0.226 e. The molecule has 6 rings (SSSR count). The van der Waals surface area contributed by atoms with Crippen molar-refractivity contribution in [1.82, 2.24) is 14.8 Å². The molecule has 0 aliphatic carbocycles. The Labute approximate surface area is 200 Å². The summed E-state index contributed by atoms with van der Waals surface area (Å²) in [4.78, 5) is 4.49. The number of rotatable bonds is 3. The van der Waals surface area contributed by atoms with Gasteiger partial charge in [-0.1, -0.05) is 57.9 Å². The van der Waals surface area contributed by atoms with Crippen molar-refractivity contribution in [3.05, 3.63) is 105 Å². The van der Waals surface area contributed by atoms with Gasteiger partial charge in [0.05, 0.1) is 12.8 Å². The average Bonchev–Trinajstić information content (AvgIpc) is 3.31. The highest BCUT2D eigenvalue weighted by atomic mass is 79.9. The predicted octanol–water partition coefficient (Wildman–Crippen LogP) is 5.92. The van der Waals surface area contributed by atoms with Crippen LogP contribution in [0.3, 0.4) is 0 Å². The first-order chi connectivity index (χ1) is 16.1. The molecule has 0 saturated carbocycles. The summed E-state index contributed by atoms with van der Waals surface area (Å²) < 4.78 is 15.3. The lowest BCUT2D eigenvalue weighted by molar-refractivity contribution is 0.217. The van der Waals surface area contributed by atoms with E-state index in [0.29, 0.717) is 5.95 Å². The van der Waals surface area contributed by atoms with Gasteiger partial charge in [0, 0.05) is 21.2 Å². The number of ether oxygens (including phenoxy) is 2. The van der Waals surface area contributed by atoms with E-state index in [4.69, 9.17) is 9.47 Å². The highest BCUT2D eigenvalue weighted by Crippen LogP contribution is 2.52. The first-order valence-corrected chi connectivity index (χ1v) is 11.5. The van der Waals surface area contributed by atoms with Crippen LogP contribution in [0.2, 0.25) is 0 Å². The second-order valence-corrected chi connectivity index (χ2v) is 9.09. The number of aryl methyl sites for hydroxylation is 1. The molecule has 0 amide bonds. The van der Waals surface area contributed by atoms with Gasteiger partial charge in [-0.2, -0.15) is 10.1 Å². The van der Waals surface area contributed by atoms with Gasteiger partial charge < -0.3 is 14.8 Å². The third-order valence-electron chi connectivity index (χ3n) is 6.19. The Morgan fingerprint density at radius 1 is 1.06 bits per heavy atom. The third-order valence-corrected chi connectivity index (χ3v) is 6.68. The molecule has 4 aromatic rings. The lowest BCUT2D eigenvalue weighted by atomic mass is 9.84. The molecule has 0 saturated heterocycles. The minimum atomic E-state index is -0.390. The molecule has 0 spiro atoms. The van der Waals surface area contributed by atoms with Gasteiger partial charge >= 0.3 is 0 Å². The summed E-state index contributed by atoms with van der Waals surface area (Å²) in [6, 6.07) is 22.4. The molecule has 7 heteroatoms. The van der Waals surface area contributed by atoms with Crippen LogP contribution < -0.4 is 14.8 Å². The Morgan fingerprint density at radius 3 is 2.70 bits per heavy atom. The van der Waals surface area contributed by atoms with E-state index in [9.17, 15) is 0 Å². The molecule has 0 fully saturated rings. The van der Waals surface area contributed by atoms with Gasteiger partial charge in [-0.25, -0.2) is 4.68 Å². The maximum Gasteiger partial charge on any atom is 0.226 e. The minimum absolute atomic E-state index is 0.193. The monoisotopic (exact) mass is 500 g/mol. The van der Waals surface area contributed by atoms with Crippen LogP contribution in [-0.4, -0.2) is 21.9 Å². The van der Waals surface area contributed by atoms with E-state index in [1.165, 1.54) is 5.56 Å². The Morgan fingerprint density at radius 2 is 1.88 bits per heavy atom. The van der Waals surface area contributed by atoms with Crippen molar-refractivity contribution >= 4 is 27.6 Å². The molecule has 2 aliphatic heterocycles. The van der Waals surface area contributed by atoms with Gasteiger partial charge in [0.1, 0.15) is 23.9 Å². The van der Waals surface area contributed by atoms with Gasteiger partial charge in [0.2, 0.25) is 5.95 Å². The van der Waals surface area contributed by atoms with Gasteiger partial charge in [-0.15, -0.1) is 0 Å². The summed E-state index contributed by atoms with van der Waals surface area (Å²) >= 11 is 3.63. The zero-order valence-corrected chi connectivity index (χ0v) is 19.7. The SMILES string of the molecule is COc1ccc(Br)cc1C1Oc2ccccc2C2=C1C(c1ccc(C)cc1)n1ncnc1N2. The van der Waals surface area contributed by atoms with E-state index in [1.54, 1.807) is 13.4 Å². The number of benzene rings is 3. The molecule has 2 aliphatic rings.